The normalized spacial score (nSPS) is 14.5. The first-order chi connectivity index (χ1) is 11.7. The number of anilines is 1. The number of pyridine rings is 1. The molecule has 1 aromatic carbocycles. The number of aromatic nitrogens is 3. The maximum atomic E-state index is 12.3. The Hall–Kier alpha value is -2.89. The van der Waals surface area contributed by atoms with Crippen LogP contribution in [0.5, 0.6) is 5.75 Å². The molecule has 3 aromatic rings. The number of hydrogen-bond acceptors (Lipinski definition) is 4. The van der Waals surface area contributed by atoms with Crippen molar-refractivity contribution in [2.75, 3.05) is 5.32 Å². The quantitative estimate of drug-likeness (QED) is 0.774. The third-order valence-corrected chi connectivity index (χ3v) is 4.55. The number of nitrogens with one attached hydrogen (secondary N) is 1. The van der Waals surface area contributed by atoms with Crippen LogP contribution < -0.4 is 5.32 Å². The highest BCUT2D eigenvalue weighted by Gasteiger charge is 2.25. The summed E-state index contributed by atoms with van der Waals surface area (Å²) in [5, 5.41) is 21.2. The highest BCUT2D eigenvalue weighted by molar-refractivity contribution is 5.95. The molecule has 2 aromatic heterocycles. The van der Waals surface area contributed by atoms with Gasteiger partial charge in [0.15, 0.2) is 5.65 Å². The predicted octanol–water partition coefficient (Wildman–Crippen LogP) is 2.88. The fourth-order valence-electron chi connectivity index (χ4n) is 3.00. The van der Waals surface area contributed by atoms with Crippen molar-refractivity contribution in [3.63, 3.8) is 0 Å². The van der Waals surface area contributed by atoms with Crippen LogP contribution in [0.2, 0.25) is 0 Å². The number of amides is 1. The van der Waals surface area contributed by atoms with Crippen LogP contribution in [-0.2, 0) is 11.2 Å². The molecule has 1 fully saturated rings. The first-order valence-corrected chi connectivity index (χ1v) is 8.13. The Morgan fingerprint density at radius 2 is 2.04 bits per heavy atom. The zero-order valence-electron chi connectivity index (χ0n) is 13.1. The van der Waals surface area contributed by atoms with Gasteiger partial charge < -0.3 is 10.4 Å². The number of phenolic OH excluding ortho intramolecular Hbond substituents is 1. The Morgan fingerprint density at radius 1 is 1.21 bits per heavy atom. The van der Waals surface area contributed by atoms with Gasteiger partial charge in [0, 0.05) is 17.7 Å². The number of fused-ring (bicyclic) bond motifs is 1. The van der Waals surface area contributed by atoms with Crippen molar-refractivity contribution in [3.05, 3.63) is 54.0 Å². The second-order valence-corrected chi connectivity index (χ2v) is 6.16. The van der Waals surface area contributed by atoms with Crippen molar-refractivity contribution in [2.45, 2.75) is 31.6 Å². The Bertz CT molecular complexity index is 899. The number of nitrogens with zero attached hydrogens (tertiary/aromatic N) is 3. The molecule has 6 heteroatoms. The van der Waals surface area contributed by atoms with E-state index < -0.39 is 0 Å². The van der Waals surface area contributed by atoms with E-state index in [-0.39, 0.29) is 18.1 Å². The summed E-state index contributed by atoms with van der Waals surface area (Å²) in [5.74, 6) is 1.36. The number of carbonyl (C=O) groups is 1. The van der Waals surface area contributed by atoms with E-state index in [0.717, 1.165) is 18.7 Å². The SMILES string of the molecule is O=C(Cc1ccccc1O)Nc1cccn2c(C3CCC3)nnc12. The first kappa shape index (κ1) is 14.7. The lowest BCUT2D eigenvalue weighted by molar-refractivity contribution is -0.115. The average molecular weight is 322 g/mol. The number of phenols is 1. The van der Waals surface area contributed by atoms with E-state index in [9.17, 15) is 9.90 Å². The van der Waals surface area contributed by atoms with E-state index in [4.69, 9.17) is 0 Å². The van der Waals surface area contributed by atoms with Gasteiger partial charge >= 0.3 is 0 Å². The first-order valence-electron chi connectivity index (χ1n) is 8.13. The molecular formula is C18H18N4O2. The van der Waals surface area contributed by atoms with Crippen LogP contribution in [0.15, 0.2) is 42.6 Å². The van der Waals surface area contributed by atoms with Crippen LogP contribution in [0.25, 0.3) is 5.65 Å². The summed E-state index contributed by atoms with van der Waals surface area (Å²) in [6, 6.07) is 10.5. The summed E-state index contributed by atoms with van der Waals surface area (Å²) in [4.78, 5) is 12.3. The molecule has 122 valence electrons. The van der Waals surface area contributed by atoms with Crippen LogP contribution in [0.4, 0.5) is 5.69 Å². The molecule has 4 rings (SSSR count). The summed E-state index contributed by atoms with van der Waals surface area (Å²) in [5.41, 5.74) is 1.89. The number of hydrogen-bond donors (Lipinski definition) is 2. The second-order valence-electron chi connectivity index (χ2n) is 6.16. The molecule has 1 aliphatic carbocycles. The zero-order valence-corrected chi connectivity index (χ0v) is 13.1. The Morgan fingerprint density at radius 3 is 2.79 bits per heavy atom. The molecule has 1 amide bonds. The summed E-state index contributed by atoms with van der Waals surface area (Å²) >= 11 is 0. The predicted molar refractivity (Wildman–Crippen MR) is 90.0 cm³/mol. The molecule has 6 nitrogen and oxygen atoms in total. The highest BCUT2D eigenvalue weighted by atomic mass is 16.3. The standard InChI is InChI=1S/C18H18N4O2/c23-15-9-2-1-5-13(15)11-16(24)19-14-8-4-10-22-17(12-6-3-7-12)20-21-18(14)22/h1-2,4-5,8-10,12,23H,3,6-7,11H2,(H,19,24). The molecule has 2 heterocycles. The third-order valence-electron chi connectivity index (χ3n) is 4.55. The fraction of sp³-hybridized carbons (Fsp3) is 0.278. The van der Waals surface area contributed by atoms with Crippen LogP contribution in [0, 0.1) is 0 Å². The Kier molecular flexibility index (Phi) is 3.65. The number of aromatic hydroxyl groups is 1. The number of para-hydroxylation sites is 1. The second kappa shape index (κ2) is 5.96. The van der Waals surface area contributed by atoms with Crippen LogP contribution in [-0.4, -0.2) is 25.6 Å². The van der Waals surface area contributed by atoms with E-state index in [1.54, 1.807) is 24.3 Å². The molecule has 0 atom stereocenters. The van der Waals surface area contributed by atoms with Gasteiger partial charge in [0.25, 0.3) is 0 Å². The number of carbonyl (C=O) groups excluding carboxylic acids is 1. The highest BCUT2D eigenvalue weighted by Crippen LogP contribution is 2.35. The Labute approximate surface area is 139 Å². The van der Waals surface area contributed by atoms with Gasteiger partial charge in [-0.1, -0.05) is 24.6 Å². The molecule has 0 bridgehead atoms. The maximum Gasteiger partial charge on any atom is 0.229 e. The lowest BCUT2D eigenvalue weighted by atomic mass is 9.85. The zero-order chi connectivity index (χ0) is 16.5. The van der Waals surface area contributed by atoms with Crippen molar-refractivity contribution in [1.29, 1.82) is 0 Å². The topological polar surface area (TPSA) is 79.5 Å². The van der Waals surface area contributed by atoms with Gasteiger partial charge in [0.2, 0.25) is 5.91 Å². The van der Waals surface area contributed by atoms with Gasteiger partial charge in [-0.2, -0.15) is 0 Å². The summed E-state index contributed by atoms with van der Waals surface area (Å²) in [6.07, 6.45) is 5.56. The van der Waals surface area contributed by atoms with Crippen LogP contribution in [0.1, 0.15) is 36.6 Å². The molecule has 0 saturated heterocycles. The van der Waals surface area contributed by atoms with E-state index in [0.29, 0.717) is 22.8 Å². The monoisotopic (exact) mass is 322 g/mol. The minimum atomic E-state index is -0.196. The lowest BCUT2D eigenvalue weighted by Gasteiger charge is -2.23. The van der Waals surface area contributed by atoms with Gasteiger partial charge in [0.05, 0.1) is 12.1 Å². The third kappa shape index (κ3) is 2.60. The lowest BCUT2D eigenvalue weighted by Crippen LogP contribution is -2.16. The minimum absolute atomic E-state index is 0.108. The van der Waals surface area contributed by atoms with Gasteiger partial charge in [-0.3, -0.25) is 9.20 Å². The van der Waals surface area contributed by atoms with Crippen molar-refractivity contribution in [2.24, 2.45) is 0 Å². The summed E-state index contributed by atoms with van der Waals surface area (Å²) in [6.45, 7) is 0. The van der Waals surface area contributed by atoms with Gasteiger partial charge in [0.1, 0.15) is 11.6 Å². The number of rotatable bonds is 4. The average Bonchev–Trinajstić information content (AvgIpc) is 2.93. The largest absolute Gasteiger partial charge is 0.508 e. The minimum Gasteiger partial charge on any atom is -0.508 e. The smallest absolute Gasteiger partial charge is 0.229 e. The summed E-state index contributed by atoms with van der Waals surface area (Å²) in [7, 11) is 0. The van der Waals surface area contributed by atoms with E-state index >= 15 is 0 Å². The van der Waals surface area contributed by atoms with Gasteiger partial charge in [-0.25, -0.2) is 0 Å². The Balaban J connectivity index is 1.57. The van der Waals surface area contributed by atoms with Crippen molar-refractivity contribution in [1.82, 2.24) is 14.6 Å². The molecule has 0 aliphatic heterocycles. The molecule has 0 spiro atoms. The van der Waals surface area contributed by atoms with Gasteiger partial charge in [-0.15, -0.1) is 10.2 Å². The van der Waals surface area contributed by atoms with Crippen molar-refractivity contribution >= 4 is 17.2 Å². The number of benzene rings is 1. The van der Waals surface area contributed by atoms with E-state index in [1.807, 2.05) is 22.7 Å². The summed E-state index contributed by atoms with van der Waals surface area (Å²) < 4.78 is 1.96. The maximum absolute atomic E-state index is 12.3. The van der Waals surface area contributed by atoms with E-state index in [2.05, 4.69) is 15.5 Å². The van der Waals surface area contributed by atoms with E-state index in [1.165, 1.54) is 6.42 Å². The molecular weight excluding hydrogens is 304 g/mol. The van der Waals surface area contributed by atoms with Crippen molar-refractivity contribution in [3.8, 4) is 5.75 Å². The molecule has 0 unspecified atom stereocenters. The molecule has 2 N–H and O–H groups in total. The molecule has 24 heavy (non-hydrogen) atoms. The fourth-order valence-corrected chi connectivity index (χ4v) is 3.00. The molecule has 1 aliphatic rings. The molecule has 1 saturated carbocycles. The van der Waals surface area contributed by atoms with Gasteiger partial charge in [-0.05, 0) is 31.0 Å². The van der Waals surface area contributed by atoms with Crippen LogP contribution >= 0.6 is 0 Å². The van der Waals surface area contributed by atoms with Crippen molar-refractivity contribution < 1.29 is 9.90 Å². The van der Waals surface area contributed by atoms with Crippen LogP contribution in [0.3, 0.4) is 0 Å². The molecule has 0 radical (unpaired) electrons.